The zero-order valence-corrected chi connectivity index (χ0v) is 22.2. The van der Waals surface area contributed by atoms with Crippen LogP contribution >= 0.6 is 11.6 Å². The lowest BCUT2D eigenvalue weighted by atomic mass is 10.2. The third kappa shape index (κ3) is 7.00. The maximum atomic E-state index is 13.4. The lowest BCUT2D eigenvalue weighted by Crippen LogP contribution is -2.39. The smallest absolute Gasteiger partial charge is 0.264 e. The van der Waals surface area contributed by atoms with Crippen molar-refractivity contribution in [1.82, 2.24) is 5.43 Å². The standard InChI is InChI=1S/C29H26ClN3O4S/c1-22-8-7-10-26(18-22)33(38(35,36)27-11-3-2-4-12-27)20-29(34)32-31-19-24-9-5-6-13-28(24)37-21-23-14-16-25(30)17-15-23/h2-19H,20-21H2,1H3,(H,32,34)/b31-19-. The molecule has 0 unspecified atom stereocenters. The van der Waals surface area contributed by atoms with Gasteiger partial charge in [0.15, 0.2) is 0 Å². The summed E-state index contributed by atoms with van der Waals surface area (Å²) in [5.41, 5.74) is 5.28. The molecule has 4 aromatic rings. The minimum atomic E-state index is -3.99. The molecule has 4 rings (SSSR count). The van der Waals surface area contributed by atoms with Crippen molar-refractivity contribution >= 4 is 39.4 Å². The number of para-hydroxylation sites is 1. The fourth-order valence-electron chi connectivity index (χ4n) is 3.62. The van der Waals surface area contributed by atoms with Gasteiger partial charge in [-0.3, -0.25) is 9.10 Å². The van der Waals surface area contributed by atoms with Crippen LogP contribution in [-0.2, 0) is 21.4 Å². The summed E-state index contributed by atoms with van der Waals surface area (Å²) in [5, 5.41) is 4.69. The van der Waals surface area contributed by atoms with Gasteiger partial charge in [0.2, 0.25) is 0 Å². The second-order valence-electron chi connectivity index (χ2n) is 8.41. The number of anilines is 1. The van der Waals surface area contributed by atoms with Crippen LogP contribution in [-0.4, -0.2) is 27.1 Å². The molecule has 9 heteroatoms. The van der Waals surface area contributed by atoms with Gasteiger partial charge in [-0.05, 0) is 66.6 Å². The molecule has 0 saturated carbocycles. The van der Waals surface area contributed by atoms with Crippen LogP contribution in [0.25, 0.3) is 0 Å². The quantitative estimate of drug-likeness (QED) is 0.207. The highest BCUT2D eigenvalue weighted by molar-refractivity contribution is 7.92. The van der Waals surface area contributed by atoms with Gasteiger partial charge in [-0.2, -0.15) is 5.10 Å². The fourth-order valence-corrected chi connectivity index (χ4v) is 5.18. The molecule has 0 aliphatic rings. The van der Waals surface area contributed by atoms with E-state index in [2.05, 4.69) is 10.5 Å². The molecule has 0 saturated heterocycles. The van der Waals surface area contributed by atoms with Gasteiger partial charge in [-0.15, -0.1) is 0 Å². The van der Waals surface area contributed by atoms with E-state index in [9.17, 15) is 13.2 Å². The number of sulfonamides is 1. The van der Waals surface area contributed by atoms with Crippen LogP contribution in [0.5, 0.6) is 5.75 Å². The highest BCUT2D eigenvalue weighted by Gasteiger charge is 2.27. The van der Waals surface area contributed by atoms with E-state index in [-0.39, 0.29) is 4.90 Å². The van der Waals surface area contributed by atoms with Crippen LogP contribution < -0.4 is 14.5 Å². The van der Waals surface area contributed by atoms with E-state index >= 15 is 0 Å². The lowest BCUT2D eigenvalue weighted by molar-refractivity contribution is -0.119. The van der Waals surface area contributed by atoms with E-state index in [1.54, 1.807) is 60.7 Å². The highest BCUT2D eigenvalue weighted by Crippen LogP contribution is 2.24. The summed E-state index contributed by atoms with van der Waals surface area (Å²) in [4.78, 5) is 12.9. The molecule has 0 heterocycles. The first-order valence-corrected chi connectivity index (χ1v) is 13.6. The van der Waals surface area contributed by atoms with Crippen LogP contribution in [0.4, 0.5) is 5.69 Å². The Hall–Kier alpha value is -4.14. The van der Waals surface area contributed by atoms with Crippen LogP contribution in [0.1, 0.15) is 16.7 Å². The summed E-state index contributed by atoms with van der Waals surface area (Å²) in [6.07, 6.45) is 1.46. The number of carbonyl (C=O) groups excluding carboxylic acids is 1. The monoisotopic (exact) mass is 547 g/mol. The molecule has 0 radical (unpaired) electrons. The van der Waals surface area contributed by atoms with Crippen molar-refractivity contribution < 1.29 is 17.9 Å². The molecule has 1 amide bonds. The van der Waals surface area contributed by atoms with E-state index in [0.717, 1.165) is 15.4 Å². The fraction of sp³-hybridized carbons (Fsp3) is 0.103. The largest absolute Gasteiger partial charge is 0.488 e. The first-order valence-electron chi connectivity index (χ1n) is 11.8. The van der Waals surface area contributed by atoms with Crippen molar-refractivity contribution in [3.05, 3.63) is 125 Å². The van der Waals surface area contributed by atoms with E-state index in [1.165, 1.54) is 18.3 Å². The Balaban J connectivity index is 1.47. The van der Waals surface area contributed by atoms with E-state index < -0.39 is 22.5 Å². The molecular weight excluding hydrogens is 522 g/mol. The number of ether oxygens (including phenoxy) is 1. The van der Waals surface area contributed by atoms with Gasteiger partial charge < -0.3 is 4.74 Å². The van der Waals surface area contributed by atoms with Gasteiger partial charge in [0.25, 0.3) is 15.9 Å². The SMILES string of the molecule is Cc1cccc(N(CC(=O)N/N=C\c2ccccc2OCc2ccc(Cl)cc2)S(=O)(=O)c2ccccc2)c1. The third-order valence-electron chi connectivity index (χ3n) is 5.53. The third-order valence-corrected chi connectivity index (χ3v) is 7.57. The van der Waals surface area contributed by atoms with E-state index in [0.29, 0.717) is 28.6 Å². The van der Waals surface area contributed by atoms with Crippen molar-refractivity contribution in [2.24, 2.45) is 5.10 Å². The molecule has 38 heavy (non-hydrogen) atoms. The van der Waals surface area contributed by atoms with Gasteiger partial charge in [0.05, 0.1) is 16.8 Å². The number of rotatable bonds is 10. The van der Waals surface area contributed by atoms with Gasteiger partial charge in [-0.25, -0.2) is 13.8 Å². The average molecular weight is 548 g/mol. The number of amides is 1. The molecule has 7 nitrogen and oxygen atoms in total. The number of nitrogens with one attached hydrogen (secondary N) is 1. The molecule has 0 spiro atoms. The molecule has 4 aromatic carbocycles. The Morgan fingerprint density at radius 1 is 0.947 bits per heavy atom. The predicted octanol–water partition coefficient (Wildman–Crippen LogP) is 5.57. The molecule has 0 bridgehead atoms. The number of nitrogens with zero attached hydrogens (tertiary/aromatic N) is 2. The summed E-state index contributed by atoms with van der Waals surface area (Å²) in [6, 6.07) is 29.6. The minimum Gasteiger partial charge on any atom is -0.488 e. The normalized spacial score (nSPS) is 11.3. The molecular formula is C29H26ClN3O4S. The van der Waals surface area contributed by atoms with Crippen molar-refractivity contribution in [3.8, 4) is 5.75 Å². The number of hydrogen-bond donors (Lipinski definition) is 1. The van der Waals surface area contributed by atoms with Gasteiger partial charge in [0, 0.05) is 10.6 Å². The number of benzene rings is 4. The Labute approximate surface area is 227 Å². The topological polar surface area (TPSA) is 88.1 Å². The van der Waals surface area contributed by atoms with Gasteiger partial charge >= 0.3 is 0 Å². The van der Waals surface area contributed by atoms with Crippen LogP contribution in [0.2, 0.25) is 5.02 Å². The Kier molecular flexibility index (Phi) is 8.78. The summed E-state index contributed by atoms with van der Waals surface area (Å²) in [5.74, 6) is -0.0182. The second kappa shape index (κ2) is 12.4. The first-order chi connectivity index (χ1) is 18.3. The van der Waals surface area contributed by atoms with Crippen molar-refractivity contribution in [3.63, 3.8) is 0 Å². The zero-order valence-electron chi connectivity index (χ0n) is 20.6. The molecule has 0 atom stereocenters. The average Bonchev–Trinajstić information content (AvgIpc) is 2.92. The number of carbonyl (C=O) groups is 1. The molecule has 1 N–H and O–H groups in total. The summed E-state index contributed by atoms with van der Waals surface area (Å²) in [6.45, 7) is 1.73. The number of aryl methyl sites for hydroxylation is 1. The van der Waals surface area contributed by atoms with Crippen molar-refractivity contribution in [1.29, 1.82) is 0 Å². The molecule has 0 aliphatic heterocycles. The Morgan fingerprint density at radius 3 is 2.39 bits per heavy atom. The van der Waals surface area contributed by atoms with Gasteiger partial charge in [-0.1, -0.05) is 66.2 Å². The van der Waals surface area contributed by atoms with Crippen LogP contribution in [0, 0.1) is 6.92 Å². The lowest BCUT2D eigenvalue weighted by Gasteiger charge is -2.24. The minimum absolute atomic E-state index is 0.0876. The zero-order chi connectivity index (χ0) is 27.0. The van der Waals surface area contributed by atoms with Crippen LogP contribution in [0.3, 0.4) is 0 Å². The first kappa shape index (κ1) is 26.9. The highest BCUT2D eigenvalue weighted by atomic mass is 35.5. The second-order valence-corrected chi connectivity index (χ2v) is 10.7. The Morgan fingerprint density at radius 2 is 1.66 bits per heavy atom. The number of hydrazone groups is 1. The molecule has 194 valence electrons. The van der Waals surface area contributed by atoms with Crippen molar-refractivity contribution in [2.75, 3.05) is 10.8 Å². The summed E-state index contributed by atoms with van der Waals surface area (Å²) < 4.78 is 33.8. The van der Waals surface area contributed by atoms with Crippen molar-refractivity contribution in [2.45, 2.75) is 18.4 Å². The molecule has 0 fully saturated rings. The number of hydrogen-bond acceptors (Lipinski definition) is 5. The van der Waals surface area contributed by atoms with Crippen LogP contribution in [0.15, 0.2) is 113 Å². The Bertz CT molecular complexity index is 1530. The van der Waals surface area contributed by atoms with E-state index in [1.807, 2.05) is 37.3 Å². The molecule has 0 aliphatic carbocycles. The summed E-state index contributed by atoms with van der Waals surface area (Å²) in [7, 11) is -3.99. The van der Waals surface area contributed by atoms with Gasteiger partial charge in [0.1, 0.15) is 18.9 Å². The maximum absolute atomic E-state index is 13.4. The number of halogens is 1. The maximum Gasteiger partial charge on any atom is 0.264 e. The predicted molar refractivity (Wildman–Crippen MR) is 150 cm³/mol. The molecule has 0 aromatic heterocycles. The summed E-state index contributed by atoms with van der Waals surface area (Å²) >= 11 is 5.94. The van der Waals surface area contributed by atoms with E-state index in [4.69, 9.17) is 16.3 Å².